The fourth-order valence-corrected chi connectivity index (χ4v) is 3.34. The number of halogens is 1. The van der Waals surface area contributed by atoms with E-state index < -0.39 is 0 Å². The fraction of sp³-hybridized carbons (Fsp3) is 0.438. The van der Waals surface area contributed by atoms with Crippen molar-refractivity contribution in [2.24, 2.45) is 0 Å². The quantitative estimate of drug-likeness (QED) is 0.832. The minimum absolute atomic E-state index is 0.433. The van der Waals surface area contributed by atoms with Crippen molar-refractivity contribution in [1.29, 1.82) is 0 Å². The molecule has 0 amide bonds. The molecule has 0 fully saturated rings. The summed E-state index contributed by atoms with van der Waals surface area (Å²) < 4.78 is 0. The van der Waals surface area contributed by atoms with Gasteiger partial charge in [0, 0.05) is 28.0 Å². The Hall–Kier alpha value is -0.900. The van der Waals surface area contributed by atoms with Gasteiger partial charge < -0.3 is 5.32 Å². The summed E-state index contributed by atoms with van der Waals surface area (Å²) in [5, 5.41) is 5.29. The highest BCUT2D eigenvalue weighted by molar-refractivity contribution is 7.15. The summed E-state index contributed by atoms with van der Waals surface area (Å²) in [6.07, 6.45) is 0. The molecule has 108 valence electrons. The molecular weight excluding hydrogens is 288 g/mol. The van der Waals surface area contributed by atoms with Crippen molar-refractivity contribution in [2.75, 3.05) is 0 Å². The van der Waals surface area contributed by atoms with Crippen LogP contribution in [0.3, 0.4) is 0 Å². The van der Waals surface area contributed by atoms with E-state index >= 15 is 0 Å². The van der Waals surface area contributed by atoms with Crippen LogP contribution in [0.2, 0.25) is 5.02 Å². The molecule has 2 nitrogen and oxygen atoms in total. The van der Waals surface area contributed by atoms with Gasteiger partial charge >= 0.3 is 0 Å². The Morgan fingerprint density at radius 1 is 1.25 bits per heavy atom. The molecule has 2 aromatic rings. The molecule has 0 radical (unpaired) electrons. The number of hydrogen-bond donors (Lipinski definition) is 1. The first-order chi connectivity index (χ1) is 9.47. The second kappa shape index (κ2) is 6.70. The van der Waals surface area contributed by atoms with E-state index in [-0.39, 0.29) is 0 Å². The molecule has 1 heterocycles. The van der Waals surface area contributed by atoms with Gasteiger partial charge in [-0.05, 0) is 18.1 Å². The van der Waals surface area contributed by atoms with Crippen LogP contribution in [0, 0.1) is 0 Å². The molecule has 0 aliphatic heterocycles. The van der Waals surface area contributed by atoms with Gasteiger partial charge in [0.2, 0.25) is 0 Å². The highest BCUT2D eigenvalue weighted by atomic mass is 35.5. The van der Waals surface area contributed by atoms with Crippen molar-refractivity contribution in [3.05, 3.63) is 39.9 Å². The Balaban J connectivity index is 2.33. The van der Waals surface area contributed by atoms with Crippen molar-refractivity contribution in [3.8, 4) is 10.6 Å². The number of thiazole rings is 1. The number of nitrogens with zero attached hydrogens (tertiary/aromatic N) is 1. The Bertz CT molecular complexity index is 576. The molecule has 0 saturated carbocycles. The average Bonchev–Trinajstić information content (AvgIpc) is 2.80. The van der Waals surface area contributed by atoms with E-state index in [9.17, 15) is 0 Å². The fourth-order valence-electron chi connectivity index (χ4n) is 1.98. The Morgan fingerprint density at radius 3 is 2.60 bits per heavy atom. The first-order valence-corrected chi connectivity index (χ1v) is 8.15. The number of rotatable bonds is 5. The largest absolute Gasteiger partial charge is 0.310 e. The predicted octanol–water partition coefficient (Wildman–Crippen LogP) is 5.08. The molecule has 0 unspecified atom stereocenters. The lowest BCUT2D eigenvalue weighted by Gasteiger charge is -2.09. The van der Waals surface area contributed by atoms with Gasteiger partial charge in [-0.1, -0.05) is 51.4 Å². The number of aromatic nitrogens is 1. The number of hydrogen-bond acceptors (Lipinski definition) is 3. The molecule has 1 N–H and O–H groups in total. The smallest absolute Gasteiger partial charge is 0.123 e. The normalized spacial score (nSPS) is 11.6. The van der Waals surface area contributed by atoms with Gasteiger partial charge in [-0.3, -0.25) is 0 Å². The molecule has 0 spiro atoms. The average molecular weight is 309 g/mol. The third-order valence-corrected chi connectivity index (χ3v) is 4.37. The van der Waals surface area contributed by atoms with E-state index in [2.05, 4.69) is 39.1 Å². The van der Waals surface area contributed by atoms with Crippen molar-refractivity contribution < 1.29 is 0 Å². The van der Waals surface area contributed by atoms with Crippen molar-refractivity contribution >= 4 is 22.9 Å². The molecule has 0 aliphatic rings. The molecule has 4 heteroatoms. The zero-order valence-corrected chi connectivity index (χ0v) is 14.0. The van der Waals surface area contributed by atoms with Crippen LogP contribution in [-0.2, 0) is 6.54 Å². The van der Waals surface area contributed by atoms with Crippen LogP contribution in [0.4, 0.5) is 0 Å². The van der Waals surface area contributed by atoms with Crippen LogP contribution < -0.4 is 5.32 Å². The standard InChI is InChI=1S/C16H21ClN2S/c1-10(2)15-14(9-18-11(3)4)20-16(19-15)12-6-5-7-13(17)8-12/h5-8,10-11,18H,9H2,1-4H3. The van der Waals surface area contributed by atoms with Crippen molar-refractivity contribution in [1.82, 2.24) is 10.3 Å². The second-order valence-corrected chi connectivity index (χ2v) is 7.05. The molecule has 0 aliphatic carbocycles. The van der Waals surface area contributed by atoms with E-state index in [0.29, 0.717) is 12.0 Å². The maximum atomic E-state index is 6.07. The number of nitrogens with one attached hydrogen (secondary N) is 1. The van der Waals surface area contributed by atoms with Gasteiger partial charge in [0.25, 0.3) is 0 Å². The topological polar surface area (TPSA) is 24.9 Å². The zero-order chi connectivity index (χ0) is 14.7. The lowest BCUT2D eigenvalue weighted by atomic mass is 10.1. The summed E-state index contributed by atoms with van der Waals surface area (Å²) in [6, 6.07) is 8.38. The van der Waals surface area contributed by atoms with Gasteiger partial charge in [0.1, 0.15) is 5.01 Å². The van der Waals surface area contributed by atoms with Gasteiger partial charge in [-0.25, -0.2) is 4.98 Å². The van der Waals surface area contributed by atoms with Gasteiger partial charge in [0.15, 0.2) is 0 Å². The van der Waals surface area contributed by atoms with Crippen LogP contribution in [0.15, 0.2) is 24.3 Å². The summed E-state index contributed by atoms with van der Waals surface area (Å²) in [7, 11) is 0. The maximum absolute atomic E-state index is 6.07. The monoisotopic (exact) mass is 308 g/mol. The second-order valence-electron chi connectivity index (χ2n) is 5.53. The van der Waals surface area contributed by atoms with Crippen molar-refractivity contribution in [2.45, 2.75) is 46.2 Å². The summed E-state index contributed by atoms with van der Waals surface area (Å²) in [5.41, 5.74) is 2.29. The molecular formula is C16H21ClN2S. The van der Waals surface area contributed by atoms with Gasteiger partial charge in [0.05, 0.1) is 5.69 Å². The molecule has 0 saturated heterocycles. The Morgan fingerprint density at radius 2 is 2.00 bits per heavy atom. The highest BCUT2D eigenvalue weighted by Gasteiger charge is 2.15. The molecule has 1 aromatic heterocycles. The van der Waals surface area contributed by atoms with Gasteiger partial charge in [-0.15, -0.1) is 11.3 Å². The van der Waals surface area contributed by atoms with E-state index in [1.807, 2.05) is 18.2 Å². The highest BCUT2D eigenvalue weighted by Crippen LogP contribution is 2.32. The van der Waals surface area contributed by atoms with Crippen molar-refractivity contribution in [3.63, 3.8) is 0 Å². The molecule has 2 rings (SSSR count). The first kappa shape index (κ1) is 15.5. The minimum Gasteiger partial charge on any atom is -0.310 e. The predicted molar refractivity (Wildman–Crippen MR) is 88.6 cm³/mol. The van der Waals surface area contributed by atoms with Crippen LogP contribution in [0.1, 0.15) is 44.2 Å². The van der Waals surface area contributed by atoms with E-state index in [0.717, 1.165) is 22.1 Å². The SMILES string of the molecule is CC(C)NCc1sc(-c2cccc(Cl)c2)nc1C(C)C. The van der Waals surface area contributed by atoms with E-state index in [4.69, 9.17) is 16.6 Å². The molecule has 0 atom stereocenters. The summed E-state index contributed by atoms with van der Waals surface area (Å²) >= 11 is 7.83. The zero-order valence-electron chi connectivity index (χ0n) is 12.4. The van der Waals surface area contributed by atoms with Crippen LogP contribution >= 0.6 is 22.9 Å². The minimum atomic E-state index is 0.433. The van der Waals surface area contributed by atoms with Crippen LogP contribution in [0.25, 0.3) is 10.6 Å². The molecule has 0 bridgehead atoms. The number of benzene rings is 1. The van der Waals surface area contributed by atoms with Crippen LogP contribution in [0.5, 0.6) is 0 Å². The molecule has 1 aromatic carbocycles. The third kappa shape index (κ3) is 3.81. The summed E-state index contributed by atoms with van der Waals surface area (Å²) in [6.45, 7) is 9.58. The van der Waals surface area contributed by atoms with Gasteiger partial charge in [-0.2, -0.15) is 0 Å². The summed E-state index contributed by atoms with van der Waals surface area (Å²) in [5.74, 6) is 0.433. The Kier molecular flexibility index (Phi) is 5.19. The first-order valence-electron chi connectivity index (χ1n) is 6.96. The summed E-state index contributed by atoms with van der Waals surface area (Å²) in [4.78, 5) is 6.14. The lowest BCUT2D eigenvalue weighted by Crippen LogP contribution is -2.22. The van der Waals surface area contributed by atoms with E-state index in [1.165, 1.54) is 10.6 Å². The van der Waals surface area contributed by atoms with E-state index in [1.54, 1.807) is 11.3 Å². The third-order valence-electron chi connectivity index (χ3n) is 3.02. The molecule has 20 heavy (non-hydrogen) atoms. The van der Waals surface area contributed by atoms with Crippen LogP contribution in [-0.4, -0.2) is 11.0 Å². The Labute approximate surface area is 130 Å². The lowest BCUT2D eigenvalue weighted by molar-refractivity contribution is 0.588. The maximum Gasteiger partial charge on any atom is 0.123 e.